The van der Waals surface area contributed by atoms with Crippen molar-refractivity contribution >= 4 is 10.0 Å². The van der Waals surface area contributed by atoms with Crippen LogP contribution in [-0.2, 0) is 34.3 Å². The Morgan fingerprint density at radius 1 is 1.25 bits per heavy atom. The maximum Gasteiger partial charge on any atom is 0.213 e. The molecule has 2 rings (SSSR count). The number of aryl methyl sites for hydroxylation is 2. The van der Waals surface area contributed by atoms with E-state index < -0.39 is 10.0 Å². The molecule has 0 fully saturated rings. The molecule has 1 aromatic carbocycles. The first-order valence-corrected chi connectivity index (χ1v) is 9.85. The van der Waals surface area contributed by atoms with Crippen LogP contribution in [0.2, 0.25) is 0 Å². The van der Waals surface area contributed by atoms with Gasteiger partial charge in [-0.05, 0) is 12.0 Å². The number of hydrogen-bond acceptors (Lipinski definition) is 4. The summed E-state index contributed by atoms with van der Waals surface area (Å²) in [6.07, 6.45) is 5.29. The summed E-state index contributed by atoms with van der Waals surface area (Å²) in [5.74, 6) is 0.998. The van der Waals surface area contributed by atoms with Gasteiger partial charge in [-0.2, -0.15) is 0 Å². The highest BCUT2D eigenvalue weighted by atomic mass is 32.2. The van der Waals surface area contributed by atoms with Crippen molar-refractivity contribution in [2.24, 2.45) is 0 Å². The maximum atomic E-state index is 11.9. The van der Waals surface area contributed by atoms with Gasteiger partial charge in [0.2, 0.25) is 10.0 Å². The third-order valence-corrected chi connectivity index (χ3v) is 4.97. The van der Waals surface area contributed by atoms with Crippen molar-refractivity contribution < 1.29 is 13.2 Å². The molecule has 0 bridgehead atoms. The zero-order chi connectivity index (χ0) is 17.3. The Hall–Kier alpha value is -1.70. The fraction of sp³-hybridized carbons (Fsp3) is 0.471. The van der Waals surface area contributed by atoms with E-state index in [2.05, 4.69) is 21.2 Å². The van der Waals surface area contributed by atoms with E-state index in [9.17, 15) is 8.42 Å². The third-order valence-electron chi connectivity index (χ3n) is 3.62. The molecular formula is C17H25N3O3S. The van der Waals surface area contributed by atoms with E-state index in [4.69, 9.17) is 4.74 Å². The summed E-state index contributed by atoms with van der Waals surface area (Å²) in [7, 11) is -3.29. The van der Waals surface area contributed by atoms with Crippen LogP contribution in [0.4, 0.5) is 0 Å². The summed E-state index contributed by atoms with van der Waals surface area (Å²) < 4.78 is 33.9. The first kappa shape index (κ1) is 18.6. The zero-order valence-electron chi connectivity index (χ0n) is 14.0. The Bertz CT molecular complexity index is 699. The lowest BCUT2D eigenvalue weighted by molar-refractivity contribution is 0.135. The molecule has 132 valence electrons. The second-order valence-electron chi connectivity index (χ2n) is 5.50. The number of rotatable bonds is 11. The summed E-state index contributed by atoms with van der Waals surface area (Å²) in [5.41, 5.74) is 1.04. The van der Waals surface area contributed by atoms with Crippen LogP contribution >= 0.6 is 0 Å². The zero-order valence-corrected chi connectivity index (χ0v) is 14.8. The summed E-state index contributed by atoms with van der Waals surface area (Å²) in [6, 6.07) is 9.70. The Morgan fingerprint density at radius 3 is 2.79 bits per heavy atom. The molecular weight excluding hydrogens is 326 g/mol. The standard InChI is InChI=1S/C17H25N3O3S/c1-2-17-18-10-12-20(17)11-6-9-19-24(21,22)14-13-23-15-16-7-4-3-5-8-16/h3-5,7-8,10,12,19H,2,6,9,11,13-15H2,1H3. The largest absolute Gasteiger partial charge is 0.376 e. The van der Waals surface area contributed by atoms with E-state index in [-0.39, 0.29) is 12.4 Å². The van der Waals surface area contributed by atoms with Crippen molar-refractivity contribution in [2.45, 2.75) is 32.9 Å². The monoisotopic (exact) mass is 351 g/mol. The van der Waals surface area contributed by atoms with Gasteiger partial charge >= 0.3 is 0 Å². The first-order valence-electron chi connectivity index (χ1n) is 8.20. The van der Waals surface area contributed by atoms with Crippen molar-refractivity contribution in [1.82, 2.24) is 14.3 Å². The highest BCUT2D eigenvalue weighted by molar-refractivity contribution is 7.89. The maximum absolute atomic E-state index is 11.9. The van der Waals surface area contributed by atoms with Gasteiger partial charge in [0.25, 0.3) is 0 Å². The predicted molar refractivity (Wildman–Crippen MR) is 94.1 cm³/mol. The number of nitrogens with zero attached hydrogens (tertiary/aromatic N) is 2. The topological polar surface area (TPSA) is 73.2 Å². The van der Waals surface area contributed by atoms with Crippen LogP contribution in [0.5, 0.6) is 0 Å². The number of benzene rings is 1. The van der Waals surface area contributed by atoms with Crippen LogP contribution < -0.4 is 4.72 Å². The van der Waals surface area contributed by atoms with Gasteiger partial charge in [0, 0.05) is 31.9 Å². The van der Waals surface area contributed by atoms with Crippen molar-refractivity contribution in [1.29, 1.82) is 0 Å². The van der Waals surface area contributed by atoms with Gasteiger partial charge in [0.15, 0.2) is 0 Å². The van der Waals surface area contributed by atoms with E-state index in [1.165, 1.54) is 0 Å². The number of hydrogen-bond donors (Lipinski definition) is 1. The minimum absolute atomic E-state index is 0.0227. The van der Waals surface area contributed by atoms with Gasteiger partial charge in [0.05, 0.1) is 19.0 Å². The molecule has 0 saturated carbocycles. The van der Waals surface area contributed by atoms with Gasteiger partial charge in [-0.1, -0.05) is 37.3 Å². The lowest BCUT2D eigenvalue weighted by Gasteiger charge is -2.09. The Morgan fingerprint density at radius 2 is 2.04 bits per heavy atom. The number of sulfonamides is 1. The third kappa shape index (κ3) is 6.43. The molecule has 0 amide bonds. The number of ether oxygens (including phenoxy) is 1. The van der Waals surface area contributed by atoms with E-state index >= 15 is 0 Å². The molecule has 2 aromatic rings. The van der Waals surface area contributed by atoms with Crippen LogP contribution in [0.3, 0.4) is 0 Å². The van der Waals surface area contributed by atoms with Crippen molar-refractivity contribution in [2.75, 3.05) is 18.9 Å². The smallest absolute Gasteiger partial charge is 0.213 e. The van der Waals surface area contributed by atoms with Gasteiger partial charge in [0.1, 0.15) is 5.82 Å². The highest BCUT2D eigenvalue weighted by Crippen LogP contribution is 2.01. The van der Waals surface area contributed by atoms with Crippen LogP contribution in [0, 0.1) is 0 Å². The molecule has 0 unspecified atom stereocenters. The predicted octanol–water partition coefficient (Wildman–Crippen LogP) is 1.97. The number of imidazole rings is 1. The van der Waals surface area contributed by atoms with Crippen LogP contribution in [0.25, 0.3) is 0 Å². The average molecular weight is 351 g/mol. The molecule has 0 atom stereocenters. The lowest BCUT2D eigenvalue weighted by Crippen LogP contribution is -2.29. The van der Waals surface area contributed by atoms with E-state index in [0.717, 1.165) is 30.8 Å². The van der Waals surface area contributed by atoms with Crippen molar-refractivity contribution in [3.05, 3.63) is 54.1 Å². The highest BCUT2D eigenvalue weighted by Gasteiger charge is 2.09. The number of nitrogens with one attached hydrogen (secondary N) is 1. The normalized spacial score (nSPS) is 11.7. The first-order chi connectivity index (χ1) is 11.6. The molecule has 0 saturated heterocycles. The van der Waals surface area contributed by atoms with Crippen LogP contribution in [-0.4, -0.2) is 36.9 Å². The lowest BCUT2D eigenvalue weighted by atomic mass is 10.2. The minimum Gasteiger partial charge on any atom is -0.376 e. The average Bonchev–Trinajstić information content (AvgIpc) is 3.04. The Balaban J connectivity index is 1.61. The Kier molecular flexibility index (Phi) is 7.42. The summed E-state index contributed by atoms with van der Waals surface area (Å²) in [6.45, 7) is 3.85. The fourth-order valence-electron chi connectivity index (χ4n) is 2.34. The van der Waals surface area contributed by atoms with Gasteiger partial charge < -0.3 is 9.30 Å². The molecule has 0 radical (unpaired) electrons. The van der Waals surface area contributed by atoms with E-state index in [1.807, 2.05) is 36.5 Å². The van der Waals surface area contributed by atoms with Crippen molar-refractivity contribution in [3.63, 3.8) is 0 Å². The SMILES string of the molecule is CCc1nccn1CCCNS(=O)(=O)CCOCc1ccccc1. The molecule has 24 heavy (non-hydrogen) atoms. The second kappa shape index (κ2) is 9.56. The summed E-state index contributed by atoms with van der Waals surface area (Å²) in [4.78, 5) is 4.24. The molecule has 7 heteroatoms. The van der Waals surface area contributed by atoms with Crippen molar-refractivity contribution in [3.8, 4) is 0 Å². The summed E-state index contributed by atoms with van der Waals surface area (Å²) >= 11 is 0. The molecule has 0 aliphatic carbocycles. The fourth-order valence-corrected chi connectivity index (χ4v) is 3.28. The summed E-state index contributed by atoms with van der Waals surface area (Å²) in [5, 5.41) is 0. The molecule has 0 aliphatic rings. The molecule has 1 aromatic heterocycles. The second-order valence-corrected chi connectivity index (χ2v) is 7.42. The van der Waals surface area contributed by atoms with Crippen LogP contribution in [0.1, 0.15) is 24.7 Å². The number of aromatic nitrogens is 2. The molecule has 0 spiro atoms. The van der Waals surface area contributed by atoms with E-state index in [0.29, 0.717) is 13.2 Å². The van der Waals surface area contributed by atoms with E-state index in [1.54, 1.807) is 6.20 Å². The minimum atomic E-state index is -3.29. The molecule has 6 nitrogen and oxygen atoms in total. The molecule has 0 aliphatic heterocycles. The quantitative estimate of drug-likeness (QED) is 0.628. The molecule has 1 heterocycles. The van der Waals surface area contributed by atoms with Gasteiger partial charge in [-0.3, -0.25) is 0 Å². The van der Waals surface area contributed by atoms with Crippen LogP contribution in [0.15, 0.2) is 42.7 Å². The van der Waals surface area contributed by atoms with Gasteiger partial charge in [-0.15, -0.1) is 0 Å². The van der Waals surface area contributed by atoms with Gasteiger partial charge in [-0.25, -0.2) is 18.1 Å². The Labute approximate surface area is 143 Å². The molecule has 1 N–H and O–H groups in total.